The summed E-state index contributed by atoms with van der Waals surface area (Å²) in [6.45, 7) is 3.71. The summed E-state index contributed by atoms with van der Waals surface area (Å²) in [5.41, 5.74) is 2.84. The molecule has 1 unspecified atom stereocenters. The number of nitrogens with two attached hydrogens (primary N) is 1. The fourth-order valence-electron chi connectivity index (χ4n) is 1.98. The highest BCUT2D eigenvalue weighted by molar-refractivity contribution is 7.19. The van der Waals surface area contributed by atoms with Gasteiger partial charge in [0, 0.05) is 9.58 Å². The molecular weight excluding hydrogens is 247 g/mol. The lowest BCUT2D eigenvalue weighted by atomic mass is 10.1. The lowest BCUT2D eigenvalue weighted by Gasteiger charge is -2.12. The largest absolute Gasteiger partial charge is 0.271 e. The molecule has 0 aliphatic heterocycles. The van der Waals surface area contributed by atoms with Gasteiger partial charge >= 0.3 is 0 Å². The van der Waals surface area contributed by atoms with E-state index in [1.54, 1.807) is 17.4 Å². The summed E-state index contributed by atoms with van der Waals surface area (Å²) >= 11 is 1.66. The van der Waals surface area contributed by atoms with Gasteiger partial charge in [0.05, 0.1) is 6.04 Å². The van der Waals surface area contributed by atoms with E-state index in [0.717, 1.165) is 34.2 Å². The highest BCUT2D eigenvalue weighted by atomic mass is 32.1. The summed E-state index contributed by atoms with van der Waals surface area (Å²) in [5, 5.41) is 0.943. The normalized spacial score (nSPS) is 12.8. The lowest BCUT2D eigenvalue weighted by Crippen LogP contribution is -2.27. The van der Waals surface area contributed by atoms with E-state index >= 15 is 0 Å². The third-order valence-corrected chi connectivity index (χ3v) is 4.17. The number of rotatable bonds is 6. The molecule has 2 rings (SSSR count). The smallest absolute Gasteiger partial charge is 0.123 e. The molecule has 1 atom stereocenters. The van der Waals surface area contributed by atoms with Crippen LogP contribution in [0.5, 0.6) is 0 Å². The molecule has 0 bridgehead atoms. The van der Waals surface area contributed by atoms with Crippen molar-refractivity contribution in [2.24, 2.45) is 5.84 Å². The molecule has 0 spiro atoms. The number of halogens is 1. The van der Waals surface area contributed by atoms with Crippen molar-refractivity contribution >= 4 is 21.4 Å². The molecule has 3 N–H and O–H groups in total. The van der Waals surface area contributed by atoms with E-state index in [0.29, 0.717) is 0 Å². The Morgan fingerprint density at radius 3 is 3.00 bits per heavy atom. The van der Waals surface area contributed by atoms with Crippen LogP contribution in [0.4, 0.5) is 4.39 Å². The Labute approximate surface area is 110 Å². The van der Waals surface area contributed by atoms with Gasteiger partial charge < -0.3 is 0 Å². The van der Waals surface area contributed by atoms with Gasteiger partial charge in [-0.3, -0.25) is 11.3 Å². The van der Waals surface area contributed by atoms with Crippen LogP contribution in [0.3, 0.4) is 0 Å². The molecule has 18 heavy (non-hydrogen) atoms. The van der Waals surface area contributed by atoms with Crippen LogP contribution in [0.1, 0.15) is 30.2 Å². The second kappa shape index (κ2) is 6.09. The average molecular weight is 264 g/mol. The highest BCUT2D eigenvalue weighted by Gasteiger charge is 2.12. The summed E-state index contributed by atoms with van der Waals surface area (Å²) < 4.78 is 14.2. The van der Waals surface area contributed by atoms with E-state index in [1.165, 1.54) is 6.07 Å². The van der Waals surface area contributed by atoms with E-state index in [4.69, 9.17) is 5.84 Å². The molecule has 1 aromatic carbocycles. The molecule has 0 aliphatic rings. The predicted molar refractivity (Wildman–Crippen MR) is 75.9 cm³/mol. The molecule has 0 aliphatic carbocycles. The first-order valence-electron chi connectivity index (χ1n) is 6.00. The van der Waals surface area contributed by atoms with Crippen molar-refractivity contribution < 1.29 is 4.39 Å². The standard InChI is InChI=1S/C14H17FN2S/c1-2-3-4-5-12(17-16)14-9-10-8-11(15)6-7-13(10)18-14/h2,6-9,12,17H,1,3-5,16H2. The van der Waals surface area contributed by atoms with Crippen molar-refractivity contribution in [1.82, 2.24) is 5.43 Å². The number of hydrogen-bond acceptors (Lipinski definition) is 3. The van der Waals surface area contributed by atoms with E-state index in [1.807, 2.05) is 18.2 Å². The molecular formula is C14H17FN2S. The van der Waals surface area contributed by atoms with Crippen LogP contribution >= 0.6 is 11.3 Å². The lowest BCUT2D eigenvalue weighted by molar-refractivity contribution is 0.508. The van der Waals surface area contributed by atoms with Gasteiger partial charge in [-0.05, 0) is 48.9 Å². The monoisotopic (exact) mass is 264 g/mol. The quantitative estimate of drug-likeness (QED) is 0.359. The summed E-state index contributed by atoms with van der Waals surface area (Å²) in [6, 6.07) is 7.01. The highest BCUT2D eigenvalue weighted by Crippen LogP contribution is 2.32. The Morgan fingerprint density at radius 2 is 2.28 bits per heavy atom. The van der Waals surface area contributed by atoms with Crippen LogP contribution in [-0.2, 0) is 0 Å². The van der Waals surface area contributed by atoms with E-state index in [-0.39, 0.29) is 11.9 Å². The zero-order valence-corrected chi connectivity index (χ0v) is 11.0. The van der Waals surface area contributed by atoms with Crippen LogP contribution < -0.4 is 11.3 Å². The molecule has 0 radical (unpaired) electrons. The van der Waals surface area contributed by atoms with Crippen molar-refractivity contribution in [3.8, 4) is 0 Å². The number of nitrogens with one attached hydrogen (secondary N) is 1. The van der Waals surface area contributed by atoms with Gasteiger partial charge in [-0.2, -0.15) is 0 Å². The van der Waals surface area contributed by atoms with Crippen LogP contribution in [0.25, 0.3) is 10.1 Å². The molecule has 4 heteroatoms. The first-order valence-corrected chi connectivity index (χ1v) is 6.82. The number of hydrazine groups is 1. The summed E-state index contributed by atoms with van der Waals surface area (Å²) in [7, 11) is 0. The SMILES string of the molecule is C=CCCCC(NN)c1cc2cc(F)ccc2s1. The number of thiophene rings is 1. The van der Waals surface area contributed by atoms with Crippen LogP contribution in [0.2, 0.25) is 0 Å². The van der Waals surface area contributed by atoms with Gasteiger partial charge in [-0.25, -0.2) is 4.39 Å². The minimum atomic E-state index is -0.198. The van der Waals surface area contributed by atoms with E-state index in [9.17, 15) is 4.39 Å². The first-order chi connectivity index (χ1) is 8.74. The number of allylic oxidation sites excluding steroid dienone is 1. The summed E-state index contributed by atoms with van der Waals surface area (Å²) in [6.07, 6.45) is 4.89. The Bertz CT molecular complexity index is 536. The zero-order chi connectivity index (χ0) is 13.0. The van der Waals surface area contributed by atoms with Gasteiger partial charge in [0.1, 0.15) is 5.82 Å². The van der Waals surface area contributed by atoms with Crippen LogP contribution in [0, 0.1) is 5.82 Å². The van der Waals surface area contributed by atoms with Gasteiger partial charge in [-0.1, -0.05) is 6.08 Å². The third-order valence-electron chi connectivity index (χ3n) is 2.94. The molecule has 0 amide bonds. The van der Waals surface area contributed by atoms with E-state index in [2.05, 4.69) is 12.0 Å². The molecule has 0 saturated carbocycles. The molecule has 96 valence electrons. The van der Waals surface area contributed by atoms with Gasteiger partial charge in [0.2, 0.25) is 0 Å². The maximum Gasteiger partial charge on any atom is 0.123 e. The zero-order valence-electron chi connectivity index (χ0n) is 10.2. The van der Waals surface area contributed by atoms with Crippen molar-refractivity contribution in [1.29, 1.82) is 0 Å². The maximum atomic E-state index is 13.1. The minimum absolute atomic E-state index is 0.130. The fraction of sp³-hybridized carbons (Fsp3) is 0.286. The Balaban J connectivity index is 2.19. The topological polar surface area (TPSA) is 38.0 Å². The van der Waals surface area contributed by atoms with Crippen molar-refractivity contribution in [3.05, 3.63) is 47.6 Å². The summed E-state index contributed by atoms with van der Waals surface area (Å²) in [4.78, 5) is 1.15. The summed E-state index contributed by atoms with van der Waals surface area (Å²) in [5.74, 6) is 5.40. The van der Waals surface area contributed by atoms with Crippen LogP contribution in [0.15, 0.2) is 36.9 Å². The Hall–Kier alpha value is -1.23. The minimum Gasteiger partial charge on any atom is -0.271 e. The molecule has 2 nitrogen and oxygen atoms in total. The fourth-order valence-corrected chi connectivity index (χ4v) is 3.12. The second-order valence-corrected chi connectivity index (χ2v) is 5.39. The van der Waals surface area contributed by atoms with Crippen molar-refractivity contribution in [3.63, 3.8) is 0 Å². The van der Waals surface area contributed by atoms with Crippen LogP contribution in [-0.4, -0.2) is 0 Å². The third kappa shape index (κ3) is 2.96. The molecule has 0 saturated heterocycles. The number of unbranched alkanes of at least 4 members (excludes halogenated alkanes) is 1. The van der Waals surface area contributed by atoms with Gasteiger partial charge in [0.15, 0.2) is 0 Å². The molecule has 1 aromatic heterocycles. The Kier molecular flexibility index (Phi) is 4.47. The predicted octanol–water partition coefficient (Wildman–Crippen LogP) is 3.90. The number of fused-ring (bicyclic) bond motifs is 1. The van der Waals surface area contributed by atoms with Crippen molar-refractivity contribution in [2.75, 3.05) is 0 Å². The maximum absolute atomic E-state index is 13.1. The number of benzene rings is 1. The number of hydrogen-bond donors (Lipinski definition) is 2. The Morgan fingerprint density at radius 1 is 1.44 bits per heavy atom. The second-order valence-electron chi connectivity index (χ2n) is 4.27. The first kappa shape index (κ1) is 13.2. The molecule has 0 fully saturated rings. The van der Waals surface area contributed by atoms with Gasteiger partial charge in [0.25, 0.3) is 0 Å². The molecule has 1 heterocycles. The molecule has 2 aromatic rings. The van der Waals surface area contributed by atoms with Gasteiger partial charge in [-0.15, -0.1) is 17.9 Å². The van der Waals surface area contributed by atoms with E-state index < -0.39 is 0 Å². The average Bonchev–Trinajstić information content (AvgIpc) is 2.77. The van der Waals surface area contributed by atoms with Crippen molar-refractivity contribution in [2.45, 2.75) is 25.3 Å².